The van der Waals surface area contributed by atoms with E-state index in [0.717, 1.165) is 54.0 Å². The maximum atomic E-state index is 13.1. The van der Waals surface area contributed by atoms with Gasteiger partial charge in [-0.25, -0.2) is 9.67 Å². The molecule has 7 nitrogen and oxygen atoms in total. The third kappa shape index (κ3) is 3.72. The van der Waals surface area contributed by atoms with E-state index in [2.05, 4.69) is 27.4 Å². The van der Waals surface area contributed by atoms with Gasteiger partial charge in [0.05, 0.1) is 28.4 Å². The van der Waals surface area contributed by atoms with Crippen LogP contribution >= 0.6 is 0 Å². The summed E-state index contributed by atoms with van der Waals surface area (Å²) in [5.41, 5.74) is 4.06. The Morgan fingerprint density at radius 1 is 1.26 bits per heavy atom. The van der Waals surface area contributed by atoms with Crippen LogP contribution in [0.5, 0.6) is 0 Å². The number of fused-ring (bicyclic) bond motifs is 1. The lowest BCUT2D eigenvalue weighted by Crippen LogP contribution is -2.28. The zero-order valence-corrected chi connectivity index (χ0v) is 16.8. The number of carbonyl (C=O) groups is 1. The number of pyridine rings is 1. The number of hydrogen-bond donors (Lipinski definition) is 1. The smallest absolute Gasteiger partial charge is 0.252 e. The van der Waals surface area contributed by atoms with Gasteiger partial charge in [0.25, 0.3) is 5.91 Å². The minimum atomic E-state index is -0.140. The van der Waals surface area contributed by atoms with E-state index in [9.17, 15) is 4.79 Å². The zero-order valence-electron chi connectivity index (χ0n) is 16.8. The lowest BCUT2D eigenvalue weighted by Gasteiger charge is -2.16. The van der Waals surface area contributed by atoms with Crippen molar-refractivity contribution in [3.63, 3.8) is 0 Å². The predicted molar refractivity (Wildman–Crippen MR) is 106 cm³/mol. The summed E-state index contributed by atoms with van der Waals surface area (Å²) in [5, 5.41) is 12.9. The molecule has 3 rings (SSSR count). The molecule has 3 aromatic rings. The molecule has 1 amide bonds. The van der Waals surface area contributed by atoms with Crippen molar-refractivity contribution in [3.8, 4) is 0 Å². The standard InChI is InChI=1S/C20H28N6O/c1-6-8-11-26-19-18(15(5)24-26)16(12-13(3)22-19)20(27)23-14(4)17-9-10-21-25(17)7-2/h9-10,12,14H,6-8,11H2,1-5H3,(H,23,27)/t14-/m0/s1. The fourth-order valence-electron chi connectivity index (χ4n) is 3.44. The topological polar surface area (TPSA) is 77.6 Å². The summed E-state index contributed by atoms with van der Waals surface area (Å²) in [7, 11) is 0. The lowest BCUT2D eigenvalue weighted by atomic mass is 10.1. The first-order valence-electron chi connectivity index (χ1n) is 9.63. The Labute approximate surface area is 159 Å². The molecule has 1 N–H and O–H groups in total. The number of nitrogens with one attached hydrogen (secondary N) is 1. The van der Waals surface area contributed by atoms with Crippen molar-refractivity contribution in [1.29, 1.82) is 0 Å². The molecule has 0 spiro atoms. The average molecular weight is 368 g/mol. The number of amides is 1. The molecule has 0 aliphatic heterocycles. The van der Waals surface area contributed by atoms with Crippen LogP contribution in [0.4, 0.5) is 0 Å². The van der Waals surface area contributed by atoms with Crippen LogP contribution in [0, 0.1) is 13.8 Å². The average Bonchev–Trinajstić information content (AvgIpc) is 3.24. The van der Waals surface area contributed by atoms with Gasteiger partial charge in [-0.2, -0.15) is 10.2 Å². The molecule has 27 heavy (non-hydrogen) atoms. The molecule has 3 heterocycles. The zero-order chi connectivity index (χ0) is 19.6. The summed E-state index contributed by atoms with van der Waals surface area (Å²) in [6, 6.07) is 3.65. The molecule has 0 saturated carbocycles. The molecule has 7 heteroatoms. The van der Waals surface area contributed by atoms with Gasteiger partial charge in [0.2, 0.25) is 0 Å². The highest BCUT2D eigenvalue weighted by Gasteiger charge is 2.21. The van der Waals surface area contributed by atoms with Crippen molar-refractivity contribution in [2.24, 2.45) is 0 Å². The number of aromatic nitrogens is 5. The predicted octanol–water partition coefficient (Wildman–Crippen LogP) is 3.56. The van der Waals surface area contributed by atoms with Gasteiger partial charge in [-0.3, -0.25) is 9.48 Å². The summed E-state index contributed by atoms with van der Waals surface area (Å²) in [6.07, 6.45) is 3.88. The summed E-state index contributed by atoms with van der Waals surface area (Å²) in [4.78, 5) is 17.7. The van der Waals surface area contributed by atoms with Gasteiger partial charge in [-0.05, 0) is 46.2 Å². The first-order chi connectivity index (χ1) is 13.0. The van der Waals surface area contributed by atoms with Gasteiger partial charge in [0, 0.05) is 25.0 Å². The minimum Gasteiger partial charge on any atom is -0.344 e. The summed E-state index contributed by atoms with van der Waals surface area (Å²) >= 11 is 0. The van der Waals surface area contributed by atoms with Gasteiger partial charge < -0.3 is 5.32 Å². The lowest BCUT2D eigenvalue weighted by molar-refractivity contribution is 0.0939. The Morgan fingerprint density at radius 3 is 2.74 bits per heavy atom. The van der Waals surface area contributed by atoms with Crippen LogP contribution < -0.4 is 5.32 Å². The molecule has 0 unspecified atom stereocenters. The van der Waals surface area contributed by atoms with Gasteiger partial charge in [-0.15, -0.1) is 0 Å². The number of hydrogen-bond acceptors (Lipinski definition) is 4. The third-order valence-corrected chi connectivity index (χ3v) is 4.81. The summed E-state index contributed by atoms with van der Waals surface area (Å²) < 4.78 is 3.82. The van der Waals surface area contributed by atoms with Gasteiger partial charge in [-0.1, -0.05) is 13.3 Å². The molecule has 0 radical (unpaired) electrons. The van der Waals surface area contributed by atoms with Gasteiger partial charge >= 0.3 is 0 Å². The minimum absolute atomic E-state index is 0.111. The maximum Gasteiger partial charge on any atom is 0.252 e. The van der Waals surface area contributed by atoms with E-state index in [1.54, 1.807) is 6.20 Å². The highest BCUT2D eigenvalue weighted by Crippen LogP contribution is 2.23. The molecule has 3 aromatic heterocycles. The first kappa shape index (κ1) is 19.1. The van der Waals surface area contributed by atoms with Crippen LogP contribution in [0.15, 0.2) is 18.3 Å². The van der Waals surface area contributed by atoms with E-state index in [1.165, 1.54) is 0 Å². The fraction of sp³-hybridized carbons (Fsp3) is 0.500. The van der Waals surface area contributed by atoms with Crippen LogP contribution in [-0.2, 0) is 13.1 Å². The Kier molecular flexibility index (Phi) is 5.58. The van der Waals surface area contributed by atoms with Crippen molar-refractivity contribution >= 4 is 16.9 Å². The van der Waals surface area contributed by atoms with Crippen LogP contribution in [0.2, 0.25) is 0 Å². The molecule has 1 atom stereocenters. The molecule has 0 bridgehead atoms. The van der Waals surface area contributed by atoms with E-state index >= 15 is 0 Å². The van der Waals surface area contributed by atoms with Crippen LogP contribution in [0.3, 0.4) is 0 Å². The Balaban J connectivity index is 1.95. The monoisotopic (exact) mass is 368 g/mol. The summed E-state index contributed by atoms with van der Waals surface area (Å²) in [5.74, 6) is -0.111. The van der Waals surface area contributed by atoms with Crippen LogP contribution in [0.25, 0.3) is 11.0 Å². The molecule has 0 saturated heterocycles. The largest absolute Gasteiger partial charge is 0.344 e. The molecule has 144 valence electrons. The number of aryl methyl sites for hydroxylation is 4. The van der Waals surface area contributed by atoms with Crippen molar-refractivity contribution in [1.82, 2.24) is 29.9 Å². The molecular weight excluding hydrogens is 340 g/mol. The molecule has 0 aromatic carbocycles. The SMILES string of the molecule is CCCCn1nc(C)c2c(C(=O)N[C@@H](C)c3ccnn3CC)cc(C)nc21. The number of carbonyl (C=O) groups excluding carboxylic acids is 1. The second-order valence-electron chi connectivity index (χ2n) is 6.94. The molecular formula is C20H28N6O. The van der Waals surface area contributed by atoms with Gasteiger partial charge in [0.15, 0.2) is 5.65 Å². The van der Waals surface area contributed by atoms with Crippen molar-refractivity contribution in [3.05, 3.63) is 41.0 Å². The first-order valence-corrected chi connectivity index (χ1v) is 9.63. The van der Waals surface area contributed by atoms with Crippen LogP contribution in [0.1, 0.15) is 67.1 Å². The second kappa shape index (κ2) is 7.90. The van der Waals surface area contributed by atoms with Crippen molar-refractivity contribution in [2.75, 3.05) is 0 Å². The van der Waals surface area contributed by atoms with E-state index in [-0.39, 0.29) is 11.9 Å². The fourth-order valence-corrected chi connectivity index (χ4v) is 3.44. The van der Waals surface area contributed by atoms with Crippen molar-refractivity contribution < 1.29 is 4.79 Å². The molecule has 0 fully saturated rings. The highest BCUT2D eigenvalue weighted by atomic mass is 16.1. The Hall–Kier alpha value is -2.70. The third-order valence-electron chi connectivity index (χ3n) is 4.81. The maximum absolute atomic E-state index is 13.1. The Bertz CT molecular complexity index is 955. The van der Waals surface area contributed by atoms with E-state index in [4.69, 9.17) is 0 Å². The second-order valence-corrected chi connectivity index (χ2v) is 6.94. The highest BCUT2D eigenvalue weighted by molar-refractivity contribution is 6.06. The van der Waals surface area contributed by atoms with E-state index in [0.29, 0.717) is 5.56 Å². The Morgan fingerprint density at radius 2 is 2.04 bits per heavy atom. The van der Waals surface area contributed by atoms with Crippen molar-refractivity contribution in [2.45, 2.75) is 66.6 Å². The quantitative estimate of drug-likeness (QED) is 0.692. The van der Waals surface area contributed by atoms with Crippen LogP contribution in [-0.4, -0.2) is 30.5 Å². The normalized spacial score (nSPS) is 12.5. The molecule has 0 aliphatic carbocycles. The number of rotatable bonds is 7. The van der Waals surface area contributed by atoms with E-state index < -0.39 is 0 Å². The molecule has 0 aliphatic rings. The number of unbranched alkanes of at least 4 members (excludes halogenated alkanes) is 1. The van der Waals surface area contributed by atoms with Gasteiger partial charge in [0.1, 0.15) is 0 Å². The summed E-state index contributed by atoms with van der Waals surface area (Å²) in [6.45, 7) is 11.6. The number of nitrogens with zero attached hydrogens (tertiary/aromatic N) is 5. The van der Waals surface area contributed by atoms with E-state index in [1.807, 2.05) is 49.2 Å².